The summed E-state index contributed by atoms with van der Waals surface area (Å²) in [5, 5.41) is 22.2. The third kappa shape index (κ3) is 3.88. The molecule has 24 heavy (non-hydrogen) atoms. The SMILES string of the molecule is Cc1ccc(/N=N/C(=C2/NCCN2CC2CN=C(Cl)S2)[N+](=O)[O-])o1. The van der Waals surface area contributed by atoms with Crippen LogP contribution in [0.1, 0.15) is 5.76 Å². The predicted molar refractivity (Wildman–Crippen MR) is 91.1 cm³/mol. The van der Waals surface area contributed by atoms with Crippen LogP contribution in [0.4, 0.5) is 5.88 Å². The van der Waals surface area contributed by atoms with Crippen molar-refractivity contribution in [2.24, 2.45) is 15.2 Å². The van der Waals surface area contributed by atoms with Crippen molar-refractivity contribution in [3.63, 3.8) is 0 Å². The van der Waals surface area contributed by atoms with Crippen LogP contribution in [-0.4, -0.2) is 45.8 Å². The molecule has 11 heteroatoms. The van der Waals surface area contributed by atoms with Crippen molar-refractivity contribution in [2.75, 3.05) is 26.2 Å². The second-order valence-electron chi connectivity index (χ2n) is 5.22. The molecule has 9 nitrogen and oxygen atoms in total. The zero-order valence-electron chi connectivity index (χ0n) is 12.8. The van der Waals surface area contributed by atoms with Gasteiger partial charge < -0.3 is 24.7 Å². The Labute approximate surface area is 147 Å². The van der Waals surface area contributed by atoms with Crippen LogP contribution in [0.3, 0.4) is 0 Å². The summed E-state index contributed by atoms with van der Waals surface area (Å²) in [6, 6.07) is 3.32. The third-order valence-corrected chi connectivity index (χ3v) is 4.79. The number of nitrogens with zero attached hydrogens (tertiary/aromatic N) is 5. The van der Waals surface area contributed by atoms with E-state index in [0.717, 1.165) is 0 Å². The monoisotopic (exact) mass is 370 g/mol. The van der Waals surface area contributed by atoms with Crippen LogP contribution in [0.5, 0.6) is 0 Å². The van der Waals surface area contributed by atoms with Gasteiger partial charge in [0.05, 0.1) is 11.7 Å². The summed E-state index contributed by atoms with van der Waals surface area (Å²) in [5.74, 6) is 0.908. The normalized spacial score (nSPS) is 22.8. The van der Waals surface area contributed by atoms with E-state index in [1.807, 2.05) is 4.90 Å². The smallest absolute Gasteiger partial charge is 0.431 e. The van der Waals surface area contributed by atoms with Crippen LogP contribution in [0.25, 0.3) is 0 Å². The highest BCUT2D eigenvalue weighted by atomic mass is 35.5. The maximum Gasteiger partial charge on any atom is 0.431 e. The summed E-state index contributed by atoms with van der Waals surface area (Å²) in [5.41, 5.74) is 0. The van der Waals surface area contributed by atoms with Gasteiger partial charge in [0.1, 0.15) is 5.76 Å². The summed E-state index contributed by atoms with van der Waals surface area (Å²) < 4.78 is 5.78. The Bertz CT molecular complexity index is 731. The van der Waals surface area contributed by atoms with Crippen molar-refractivity contribution >= 4 is 33.7 Å². The van der Waals surface area contributed by atoms with Gasteiger partial charge in [0, 0.05) is 36.1 Å². The molecule has 2 aliphatic heterocycles. The molecule has 128 valence electrons. The van der Waals surface area contributed by atoms with E-state index >= 15 is 0 Å². The second-order valence-corrected chi connectivity index (χ2v) is 7.09. The number of furan rings is 1. The second kappa shape index (κ2) is 7.22. The largest absolute Gasteiger partial charge is 0.441 e. The number of rotatable bonds is 5. The highest BCUT2D eigenvalue weighted by Gasteiger charge is 2.31. The number of nitrogens with one attached hydrogen (secondary N) is 1. The lowest BCUT2D eigenvalue weighted by molar-refractivity contribution is -0.429. The van der Waals surface area contributed by atoms with Gasteiger partial charge in [-0.2, -0.15) is 0 Å². The molecule has 0 bridgehead atoms. The molecular weight excluding hydrogens is 356 g/mol. The van der Waals surface area contributed by atoms with Crippen LogP contribution < -0.4 is 5.32 Å². The van der Waals surface area contributed by atoms with E-state index in [-0.39, 0.29) is 17.0 Å². The van der Waals surface area contributed by atoms with Crippen LogP contribution >= 0.6 is 23.4 Å². The number of azo groups is 1. The topological polar surface area (TPSA) is 109 Å². The minimum atomic E-state index is -0.550. The standard InChI is InChI=1S/C13H15ClN6O3S/c1-8-2-3-10(23-8)17-18-12(20(21)22)11-15-4-5-19(11)7-9-6-16-13(14)24-9/h2-3,9,15H,4-7H2,1H3/b12-11+,18-17+. The number of hydrogen-bond donors (Lipinski definition) is 1. The van der Waals surface area contributed by atoms with Crippen molar-refractivity contribution < 1.29 is 9.34 Å². The first-order chi connectivity index (χ1) is 11.5. The van der Waals surface area contributed by atoms with E-state index in [4.69, 9.17) is 16.0 Å². The van der Waals surface area contributed by atoms with Crippen molar-refractivity contribution in [3.05, 3.63) is 39.6 Å². The number of thioether (sulfide) groups is 1. The fourth-order valence-corrected chi connectivity index (χ4v) is 3.68. The number of aryl methyl sites for hydroxylation is 1. The fourth-order valence-electron chi connectivity index (χ4n) is 2.40. The van der Waals surface area contributed by atoms with Gasteiger partial charge in [-0.05, 0) is 17.9 Å². The highest BCUT2D eigenvalue weighted by molar-refractivity contribution is 8.17. The number of halogens is 1. The van der Waals surface area contributed by atoms with Gasteiger partial charge in [0.2, 0.25) is 5.82 Å². The summed E-state index contributed by atoms with van der Waals surface area (Å²) in [7, 11) is 0. The van der Waals surface area contributed by atoms with E-state index in [2.05, 4.69) is 20.5 Å². The molecule has 1 unspecified atom stereocenters. The van der Waals surface area contributed by atoms with Crippen molar-refractivity contribution in [1.29, 1.82) is 0 Å². The molecule has 3 rings (SSSR count). The molecule has 1 N–H and O–H groups in total. The quantitative estimate of drug-likeness (QED) is 0.485. The summed E-state index contributed by atoms with van der Waals surface area (Å²) in [6.45, 7) is 4.22. The first kappa shape index (κ1) is 16.8. The molecule has 1 atom stereocenters. The van der Waals surface area contributed by atoms with Crippen LogP contribution in [0.15, 0.2) is 43.4 Å². The maximum absolute atomic E-state index is 11.4. The minimum absolute atomic E-state index is 0.171. The van der Waals surface area contributed by atoms with E-state index in [1.165, 1.54) is 11.8 Å². The van der Waals surface area contributed by atoms with Crippen molar-refractivity contribution in [2.45, 2.75) is 12.2 Å². The lowest BCUT2D eigenvalue weighted by atomic mass is 10.3. The van der Waals surface area contributed by atoms with E-state index in [9.17, 15) is 10.1 Å². The fraction of sp³-hybridized carbons (Fsp3) is 0.462. The van der Waals surface area contributed by atoms with Gasteiger partial charge in [-0.1, -0.05) is 23.4 Å². The average Bonchev–Trinajstić information content (AvgIpc) is 3.23. The molecule has 3 heterocycles. The van der Waals surface area contributed by atoms with Gasteiger partial charge in [-0.25, -0.2) is 0 Å². The van der Waals surface area contributed by atoms with Gasteiger partial charge in [-0.3, -0.25) is 4.99 Å². The lowest BCUT2D eigenvalue weighted by Gasteiger charge is -2.20. The Hall–Kier alpha value is -2.07. The molecular formula is C13H15ClN6O3S. The molecule has 0 spiro atoms. The highest BCUT2D eigenvalue weighted by Crippen LogP contribution is 2.26. The molecule has 0 amide bonds. The van der Waals surface area contributed by atoms with Crippen molar-refractivity contribution in [3.8, 4) is 0 Å². The molecule has 0 aliphatic carbocycles. The van der Waals surface area contributed by atoms with Gasteiger partial charge in [0.25, 0.3) is 5.88 Å². The minimum Gasteiger partial charge on any atom is -0.441 e. The number of hydrogen-bond acceptors (Lipinski definition) is 9. The molecule has 1 fully saturated rings. The Morgan fingerprint density at radius 3 is 3.12 bits per heavy atom. The van der Waals surface area contributed by atoms with Gasteiger partial charge in [0.15, 0.2) is 4.50 Å². The summed E-state index contributed by atoms with van der Waals surface area (Å²) >= 11 is 7.35. The lowest BCUT2D eigenvalue weighted by Crippen LogP contribution is -2.30. The molecule has 2 aliphatic rings. The van der Waals surface area contributed by atoms with E-state index < -0.39 is 4.92 Å². The maximum atomic E-state index is 11.4. The number of nitro groups is 1. The molecule has 0 aromatic carbocycles. The van der Waals surface area contributed by atoms with E-state index in [1.54, 1.807) is 19.1 Å². The van der Waals surface area contributed by atoms with Crippen LogP contribution in [-0.2, 0) is 0 Å². The van der Waals surface area contributed by atoms with E-state index in [0.29, 0.717) is 42.3 Å². The Balaban J connectivity index is 1.78. The zero-order valence-corrected chi connectivity index (χ0v) is 14.4. The first-order valence-electron chi connectivity index (χ1n) is 7.25. The van der Waals surface area contributed by atoms with Gasteiger partial charge in [-0.15, -0.1) is 0 Å². The Morgan fingerprint density at radius 2 is 2.50 bits per heavy atom. The summed E-state index contributed by atoms with van der Waals surface area (Å²) in [6.07, 6.45) is 0. The number of aliphatic imine (C=N–C) groups is 1. The molecule has 1 saturated heterocycles. The van der Waals surface area contributed by atoms with Crippen LogP contribution in [0, 0.1) is 17.0 Å². The predicted octanol–water partition coefficient (Wildman–Crippen LogP) is 2.69. The Kier molecular flexibility index (Phi) is 5.05. The van der Waals surface area contributed by atoms with Crippen LogP contribution in [0.2, 0.25) is 0 Å². The molecule has 0 radical (unpaired) electrons. The van der Waals surface area contributed by atoms with Crippen molar-refractivity contribution in [1.82, 2.24) is 10.2 Å². The Morgan fingerprint density at radius 1 is 1.67 bits per heavy atom. The molecule has 1 aromatic heterocycles. The van der Waals surface area contributed by atoms with Gasteiger partial charge >= 0.3 is 5.82 Å². The third-order valence-electron chi connectivity index (χ3n) is 3.45. The molecule has 1 aromatic rings. The zero-order chi connectivity index (χ0) is 17.1. The summed E-state index contributed by atoms with van der Waals surface area (Å²) in [4.78, 5) is 16.9. The molecule has 0 saturated carbocycles. The average molecular weight is 371 g/mol. The first-order valence-corrected chi connectivity index (χ1v) is 8.51.